The Labute approximate surface area is 134 Å². The molecule has 5 rings (SSSR count). The molecule has 0 aromatic carbocycles. The zero-order chi connectivity index (χ0) is 15.7. The second-order valence-corrected chi connectivity index (χ2v) is 7.94. The van der Waals surface area contributed by atoms with E-state index in [9.17, 15) is 14.7 Å². The molecule has 7 atom stereocenters. The Balaban J connectivity index is 1.66. The average molecular weight is 328 g/mol. The number of hydrogen-bond donors (Lipinski definition) is 2. The Morgan fingerprint density at radius 2 is 2.18 bits per heavy atom. The number of carbonyl (C=O) groups is 2. The Hall–Kier alpha value is -0.650. The van der Waals surface area contributed by atoms with Gasteiger partial charge in [0.25, 0.3) is 0 Å². The summed E-state index contributed by atoms with van der Waals surface area (Å²) >= 11 is 5.84. The molecule has 2 unspecified atom stereocenters. The smallest absolute Gasteiger partial charge is 0.224 e. The molecule has 0 spiro atoms. The Morgan fingerprint density at radius 3 is 2.73 bits per heavy atom. The van der Waals surface area contributed by atoms with Crippen molar-refractivity contribution in [2.75, 3.05) is 5.88 Å². The van der Waals surface area contributed by atoms with Crippen LogP contribution < -0.4 is 5.32 Å². The molecule has 2 saturated carbocycles. The van der Waals surface area contributed by atoms with Crippen LogP contribution in [0.3, 0.4) is 0 Å². The van der Waals surface area contributed by atoms with Gasteiger partial charge in [0.15, 0.2) is 5.78 Å². The quantitative estimate of drug-likeness (QED) is 0.756. The van der Waals surface area contributed by atoms with E-state index in [2.05, 4.69) is 5.32 Å². The highest BCUT2D eigenvalue weighted by molar-refractivity contribution is 6.18. The van der Waals surface area contributed by atoms with Gasteiger partial charge in [-0.15, -0.1) is 11.6 Å². The molecule has 2 bridgehead atoms. The van der Waals surface area contributed by atoms with Crippen molar-refractivity contribution in [3.8, 4) is 0 Å². The van der Waals surface area contributed by atoms with Crippen LogP contribution in [0.15, 0.2) is 0 Å². The fourth-order valence-corrected chi connectivity index (χ4v) is 5.56. The maximum absolute atomic E-state index is 12.5. The number of hydrogen-bond acceptors (Lipinski definition) is 4. The molecule has 3 heterocycles. The van der Waals surface area contributed by atoms with E-state index in [0.29, 0.717) is 24.8 Å². The summed E-state index contributed by atoms with van der Waals surface area (Å²) in [7, 11) is 0. The monoisotopic (exact) mass is 327 g/mol. The first-order chi connectivity index (χ1) is 10.4. The number of fused-ring (bicyclic) bond motifs is 3. The zero-order valence-corrected chi connectivity index (χ0v) is 13.4. The number of ketones is 1. The Morgan fingerprint density at radius 1 is 1.45 bits per heavy atom. The van der Waals surface area contributed by atoms with Gasteiger partial charge in [-0.3, -0.25) is 9.59 Å². The van der Waals surface area contributed by atoms with E-state index in [-0.39, 0.29) is 29.6 Å². The standard InChI is InChI=1S/C16H22ClNO4/c1-15-7-12(19)16(15,18-14(21)10(15)4-5-17)13(20)9-3-2-8-6-11(9)22-8/h8-11,13,20H,2-7H2,1H3,(H,18,21)/t8?,9-,10-,11?,13-,15-,16+/m0/s1. The summed E-state index contributed by atoms with van der Waals surface area (Å²) in [4.78, 5) is 24.9. The summed E-state index contributed by atoms with van der Waals surface area (Å²) in [5.74, 6) is -0.171. The highest BCUT2D eigenvalue weighted by atomic mass is 35.5. The van der Waals surface area contributed by atoms with Crippen LogP contribution in [0, 0.1) is 17.3 Å². The van der Waals surface area contributed by atoms with Gasteiger partial charge in [-0.25, -0.2) is 0 Å². The Kier molecular flexibility index (Phi) is 3.17. The number of aliphatic hydroxyl groups is 1. The number of ether oxygens (including phenoxy) is 1. The van der Waals surface area contributed by atoms with Crippen LogP contribution in [0.25, 0.3) is 0 Å². The van der Waals surface area contributed by atoms with Gasteiger partial charge in [-0.2, -0.15) is 0 Å². The molecule has 5 fully saturated rings. The second-order valence-electron chi connectivity index (χ2n) is 7.56. The zero-order valence-electron chi connectivity index (χ0n) is 12.7. The van der Waals surface area contributed by atoms with Crippen LogP contribution in [0.4, 0.5) is 0 Å². The topological polar surface area (TPSA) is 75.6 Å². The first-order valence-electron chi connectivity index (χ1n) is 8.19. The van der Waals surface area contributed by atoms with Crippen LogP contribution in [-0.2, 0) is 14.3 Å². The lowest BCUT2D eigenvalue weighted by molar-refractivity contribution is -0.223. The van der Waals surface area contributed by atoms with E-state index in [1.165, 1.54) is 0 Å². The molecular formula is C16H22ClNO4. The maximum atomic E-state index is 12.5. The minimum Gasteiger partial charge on any atom is -0.390 e. The fraction of sp³-hybridized carbons (Fsp3) is 0.875. The van der Waals surface area contributed by atoms with Crippen molar-refractivity contribution < 1.29 is 19.4 Å². The molecule has 3 aliphatic heterocycles. The number of alkyl halides is 1. The van der Waals surface area contributed by atoms with Crippen molar-refractivity contribution in [3.63, 3.8) is 0 Å². The van der Waals surface area contributed by atoms with Crippen molar-refractivity contribution in [1.82, 2.24) is 5.32 Å². The molecule has 0 aromatic rings. The molecule has 2 aliphatic carbocycles. The number of aliphatic hydroxyl groups excluding tert-OH is 1. The van der Waals surface area contributed by atoms with Gasteiger partial charge in [0.1, 0.15) is 5.54 Å². The van der Waals surface area contributed by atoms with Crippen LogP contribution >= 0.6 is 11.6 Å². The normalized spacial score (nSPS) is 50.7. The highest BCUT2D eigenvalue weighted by Gasteiger charge is 2.76. The van der Waals surface area contributed by atoms with E-state index in [4.69, 9.17) is 16.3 Å². The summed E-state index contributed by atoms with van der Waals surface area (Å²) in [6, 6.07) is 0. The van der Waals surface area contributed by atoms with Crippen LogP contribution in [0.1, 0.15) is 39.0 Å². The lowest BCUT2D eigenvalue weighted by Crippen LogP contribution is -2.76. The van der Waals surface area contributed by atoms with E-state index >= 15 is 0 Å². The summed E-state index contributed by atoms with van der Waals surface area (Å²) in [6.07, 6.45) is 3.12. The Bertz CT molecular complexity index is 531. The van der Waals surface area contributed by atoms with Gasteiger partial charge in [0, 0.05) is 36.0 Å². The first kappa shape index (κ1) is 14.9. The van der Waals surface area contributed by atoms with Gasteiger partial charge in [0.2, 0.25) is 5.91 Å². The van der Waals surface area contributed by atoms with E-state index in [1.807, 2.05) is 6.92 Å². The number of rotatable bonds is 4. The molecule has 1 amide bonds. The van der Waals surface area contributed by atoms with Gasteiger partial charge in [-0.1, -0.05) is 6.92 Å². The SMILES string of the molecule is C[C@@]12CC(=O)[C@]1([C@@H](O)[C@H]1CCC3CC1O3)NC(=O)[C@@H]2CCCl. The second kappa shape index (κ2) is 4.68. The molecule has 5 nitrogen and oxygen atoms in total. The van der Waals surface area contributed by atoms with Gasteiger partial charge >= 0.3 is 0 Å². The molecule has 2 N–H and O–H groups in total. The van der Waals surface area contributed by atoms with Crippen molar-refractivity contribution in [2.45, 2.75) is 62.9 Å². The average Bonchev–Trinajstić information content (AvgIpc) is 2.64. The van der Waals surface area contributed by atoms with E-state index in [1.54, 1.807) is 0 Å². The first-order valence-corrected chi connectivity index (χ1v) is 8.72. The third-order valence-corrected chi connectivity index (χ3v) is 6.90. The van der Waals surface area contributed by atoms with Crippen molar-refractivity contribution in [1.29, 1.82) is 0 Å². The summed E-state index contributed by atoms with van der Waals surface area (Å²) in [5.41, 5.74) is -1.66. The molecule has 122 valence electrons. The minimum atomic E-state index is -1.13. The molecular weight excluding hydrogens is 306 g/mol. The molecule has 0 radical (unpaired) electrons. The van der Waals surface area contributed by atoms with Crippen molar-refractivity contribution in [3.05, 3.63) is 0 Å². The van der Waals surface area contributed by atoms with Crippen LogP contribution in [-0.4, -0.2) is 46.5 Å². The molecule has 0 aromatic heterocycles. The van der Waals surface area contributed by atoms with E-state index in [0.717, 1.165) is 19.3 Å². The lowest BCUT2D eigenvalue weighted by atomic mass is 9.48. The molecule has 5 aliphatic rings. The minimum absolute atomic E-state index is 0.0322. The highest BCUT2D eigenvalue weighted by Crippen LogP contribution is 2.61. The number of halogens is 1. The predicted molar refractivity (Wildman–Crippen MR) is 79.4 cm³/mol. The van der Waals surface area contributed by atoms with Gasteiger partial charge in [0.05, 0.1) is 18.3 Å². The number of carbonyl (C=O) groups excluding carboxylic acids is 2. The fourth-order valence-electron chi connectivity index (χ4n) is 5.34. The van der Waals surface area contributed by atoms with Crippen molar-refractivity contribution >= 4 is 23.3 Å². The summed E-state index contributed by atoms with van der Waals surface area (Å²) in [5, 5.41) is 13.9. The lowest BCUT2D eigenvalue weighted by Gasteiger charge is -2.59. The third kappa shape index (κ3) is 1.57. The molecule has 3 saturated heterocycles. The van der Waals surface area contributed by atoms with E-state index < -0.39 is 17.1 Å². The third-order valence-electron chi connectivity index (χ3n) is 6.68. The van der Waals surface area contributed by atoms with Gasteiger partial charge in [-0.05, 0) is 19.3 Å². The number of amides is 1. The number of Topliss-reactive ketones (excluding diaryl/α,β-unsaturated/α-hetero) is 1. The van der Waals surface area contributed by atoms with Crippen LogP contribution in [0.2, 0.25) is 0 Å². The van der Waals surface area contributed by atoms with Gasteiger partial charge < -0.3 is 15.2 Å². The van der Waals surface area contributed by atoms with Crippen molar-refractivity contribution in [2.24, 2.45) is 17.3 Å². The largest absolute Gasteiger partial charge is 0.390 e. The summed E-state index contributed by atoms with van der Waals surface area (Å²) < 4.78 is 5.74. The molecule has 6 heteroatoms. The predicted octanol–water partition coefficient (Wildman–Crippen LogP) is 1.01. The molecule has 22 heavy (non-hydrogen) atoms. The number of nitrogens with one attached hydrogen (secondary N) is 1. The summed E-state index contributed by atoms with van der Waals surface area (Å²) in [6.45, 7) is 1.94. The maximum Gasteiger partial charge on any atom is 0.224 e. The van der Waals surface area contributed by atoms with Crippen LogP contribution in [0.5, 0.6) is 0 Å².